The van der Waals surface area contributed by atoms with Gasteiger partial charge in [-0.05, 0) is 58.0 Å². The number of nitrogens with zero attached hydrogens (tertiary/aromatic N) is 2. The lowest BCUT2D eigenvalue weighted by atomic mass is 10.2. The molecule has 0 saturated carbocycles. The summed E-state index contributed by atoms with van der Waals surface area (Å²) in [7, 11) is 1.61. The molecule has 0 saturated heterocycles. The summed E-state index contributed by atoms with van der Waals surface area (Å²) in [5.41, 5.74) is 2.88. The molecular formula is C21H23N3O5. The molecule has 8 heteroatoms. The number of carbonyl (C=O) groups excluding carboxylic acids is 2. The number of amides is 1. The average molecular weight is 397 g/mol. The van der Waals surface area contributed by atoms with Gasteiger partial charge < -0.3 is 23.9 Å². The van der Waals surface area contributed by atoms with Crippen molar-refractivity contribution in [2.75, 3.05) is 12.4 Å². The second kappa shape index (κ2) is 8.22. The van der Waals surface area contributed by atoms with Crippen LogP contribution in [0.5, 0.6) is 5.75 Å². The maximum atomic E-state index is 12.7. The lowest BCUT2D eigenvalue weighted by Gasteiger charge is -2.13. The van der Waals surface area contributed by atoms with E-state index in [0.29, 0.717) is 11.3 Å². The molecule has 0 unspecified atom stereocenters. The molecule has 2 aromatic heterocycles. The second-order valence-corrected chi connectivity index (χ2v) is 6.68. The van der Waals surface area contributed by atoms with Gasteiger partial charge in [-0.25, -0.2) is 4.79 Å². The molecule has 0 bridgehead atoms. The summed E-state index contributed by atoms with van der Waals surface area (Å²) in [6, 6.07) is 10.8. The predicted molar refractivity (Wildman–Crippen MR) is 107 cm³/mol. The molecule has 0 spiro atoms. The van der Waals surface area contributed by atoms with Gasteiger partial charge >= 0.3 is 5.97 Å². The first kappa shape index (κ1) is 20.2. The van der Waals surface area contributed by atoms with Crippen LogP contribution >= 0.6 is 0 Å². The van der Waals surface area contributed by atoms with Gasteiger partial charge in [-0.1, -0.05) is 5.16 Å². The van der Waals surface area contributed by atoms with Crippen molar-refractivity contribution in [2.24, 2.45) is 0 Å². The first-order valence-corrected chi connectivity index (χ1v) is 9.08. The van der Waals surface area contributed by atoms with Crippen LogP contribution in [0.4, 0.5) is 5.82 Å². The molecule has 1 amide bonds. The van der Waals surface area contributed by atoms with Crippen LogP contribution in [0.1, 0.15) is 34.4 Å². The highest BCUT2D eigenvalue weighted by Crippen LogP contribution is 2.23. The zero-order valence-corrected chi connectivity index (χ0v) is 17.0. The Balaban J connectivity index is 1.74. The smallest absolute Gasteiger partial charge is 0.340 e. The monoisotopic (exact) mass is 397 g/mol. The lowest BCUT2D eigenvalue weighted by molar-refractivity contribution is -0.123. The van der Waals surface area contributed by atoms with Gasteiger partial charge in [0.1, 0.15) is 11.5 Å². The average Bonchev–Trinajstić information content (AvgIpc) is 3.23. The number of carbonyl (C=O) groups is 2. The van der Waals surface area contributed by atoms with Crippen LogP contribution in [0.15, 0.2) is 40.9 Å². The Morgan fingerprint density at radius 2 is 1.83 bits per heavy atom. The van der Waals surface area contributed by atoms with Crippen LogP contribution in [0, 0.1) is 20.8 Å². The number of methoxy groups -OCH3 is 1. The molecule has 8 nitrogen and oxygen atoms in total. The number of rotatable bonds is 6. The minimum absolute atomic E-state index is 0.271. The van der Waals surface area contributed by atoms with E-state index in [9.17, 15) is 9.59 Å². The highest BCUT2D eigenvalue weighted by molar-refractivity contribution is 5.97. The quantitative estimate of drug-likeness (QED) is 0.639. The van der Waals surface area contributed by atoms with Gasteiger partial charge in [0.05, 0.1) is 12.7 Å². The standard InChI is InChI=1S/C21H23N3O5/c1-12-10-18(14(3)24(12)16-6-8-17(27-5)9-7-16)21(26)28-15(4)20(25)22-19-11-13(2)29-23-19/h6-11,15H,1-5H3,(H,22,23,25)/t15-/m0/s1. The summed E-state index contributed by atoms with van der Waals surface area (Å²) >= 11 is 0. The Kier molecular flexibility index (Phi) is 5.72. The first-order chi connectivity index (χ1) is 13.8. The molecule has 1 aromatic carbocycles. The zero-order valence-electron chi connectivity index (χ0n) is 17.0. The number of esters is 1. The third-order valence-corrected chi connectivity index (χ3v) is 4.51. The second-order valence-electron chi connectivity index (χ2n) is 6.68. The van der Waals surface area contributed by atoms with Crippen molar-refractivity contribution in [3.63, 3.8) is 0 Å². The van der Waals surface area contributed by atoms with Crippen molar-refractivity contribution in [3.05, 3.63) is 59.1 Å². The Morgan fingerprint density at radius 3 is 2.41 bits per heavy atom. The molecule has 152 valence electrons. The largest absolute Gasteiger partial charge is 0.497 e. The summed E-state index contributed by atoms with van der Waals surface area (Å²) in [6.45, 7) is 6.95. The topological polar surface area (TPSA) is 95.6 Å². The Bertz CT molecular complexity index is 1030. The fraction of sp³-hybridized carbons (Fsp3) is 0.286. The minimum atomic E-state index is -0.997. The molecule has 29 heavy (non-hydrogen) atoms. The van der Waals surface area contributed by atoms with Crippen molar-refractivity contribution >= 4 is 17.7 Å². The van der Waals surface area contributed by atoms with Gasteiger partial charge in [0.25, 0.3) is 5.91 Å². The summed E-state index contributed by atoms with van der Waals surface area (Å²) in [5.74, 6) is 0.523. The SMILES string of the molecule is COc1ccc(-n2c(C)cc(C(=O)O[C@@H](C)C(=O)Nc3cc(C)on3)c2C)cc1. The van der Waals surface area contributed by atoms with E-state index in [2.05, 4.69) is 10.5 Å². The van der Waals surface area contributed by atoms with E-state index >= 15 is 0 Å². The normalized spacial score (nSPS) is 11.8. The number of nitrogens with one attached hydrogen (secondary N) is 1. The third kappa shape index (κ3) is 4.31. The van der Waals surface area contributed by atoms with Crippen molar-refractivity contribution in [1.82, 2.24) is 9.72 Å². The number of hydrogen-bond donors (Lipinski definition) is 1. The molecule has 2 heterocycles. The molecular weight excluding hydrogens is 374 g/mol. The molecule has 3 aromatic rings. The number of hydrogen-bond acceptors (Lipinski definition) is 6. The summed E-state index contributed by atoms with van der Waals surface area (Å²) < 4.78 is 17.4. The van der Waals surface area contributed by atoms with Gasteiger partial charge in [0.15, 0.2) is 11.9 Å². The van der Waals surface area contributed by atoms with Crippen molar-refractivity contribution in [3.8, 4) is 11.4 Å². The van der Waals surface area contributed by atoms with Gasteiger partial charge in [-0.3, -0.25) is 4.79 Å². The number of ether oxygens (including phenoxy) is 2. The molecule has 0 aliphatic heterocycles. The molecule has 0 aliphatic carbocycles. The number of benzene rings is 1. The van der Waals surface area contributed by atoms with Gasteiger partial charge in [-0.15, -0.1) is 0 Å². The number of aromatic nitrogens is 2. The van der Waals surface area contributed by atoms with Crippen LogP contribution in [0.2, 0.25) is 0 Å². The molecule has 0 radical (unpaired) electrons. The van der Waals surface area contributed by atoms with Gasteiger partial charge in [-0.2, -0.15) is 0 Å². The summed E-state index contributed by atoms with van der Waals surface area (Å²) in [4.78, 5) is 24.9. The maximum Gasteiger partial charge on any atom is 0.340 e. The fourth-order valence-electron chi connectivity index (χ4n) is 3.03. The predicted octanol–water partition coefficient (Wildman–Crippen LogP) is 3.58. The first-order valence-electron chi connectivity index (χ1n) is 9.08. The van der Waals surface area contributed by atoms with E-state index in [0.717, 1.165) is 22.8 Å². The number of aryl methyl sites for hydroxylation is 2. The number of anilines is 1. The van der Waals surface area contributed by atoms with E-state index in [4.69, 9.17) is 14.0 Å². The van der Waals surface area contributed by atoms with E-state index in [1.165, 1.54) is 6.92 Å². The molecule has 1 N–H and O–H groups in total. The van der Waals surface area contributed by atoms with Crippen molar-refractivity contribution in [2.45, 2.75) is 33.8 Å². The maximum absolute atomic E-state index is 12.7. The van der Waals surface area contributed by atoms with Crippen LogP contribution in [-0.4, -0.2) is 34.8 Å². The van der Waals surface area contributed by atoms with E-state index in [-0.39, 0.29) is 5.82 Å². The summed E-state index contributed by atoms with van der Waals surface area (Å²) in [5, 5.41) is 6.24. The van der Waals surface area contributed by atoms with Gasteiger partial charge in [0.2, 0.25) is 0 Å². The van der Waals surface area contributed by atoms with E-state index in [1.54, 1.807) is 26.2 Å². The van der Waals surface area contributed by atoms with Crippen LogP contribution in [-0.2, 0) is 9.53 Å². The molecule has 0 fully saturated rings. The van der Waals surface area contributed by atoms with Crippen molar-refractivity contribution in [1.29, 1.82) is 0 Å². The highest BCUT2D eigenvalue weighted by atomic mass is 16.5. The van der Waals surface area contributed by atoms with Crippen LogP contribution in [0.25, 0.3) is 5.69 Å². The molecule has 1 atom stereocenters. The minimum Gasteiger partial charge on any atom is -0.497 e. The zero-order chi connectivity index (χ0) is 21.1. The van der Waals surface area contributed by atoms with Crippen LogP contribution in [0.3, 0.4) is 0 Å². The fourth-order valence-corrected chi connectivity index (χ4v) is 3.03. The molecule has 3 rings (SSSR count). The Labute approximate surface area is 168 Å². The Hall–Kier alpha value is -3.55. The van der Waals surface area contributed by atoms with Gasteiger partial charge in [0, 0.05) is 23.1 Å². The van der Waals surface area contributed by atoms with Crippen molar-refractivity contribution < 1.29 is 23.6 Å². The highest BCUT2D eigenvalue weighted by Gasteiger charge is 2.23. The molecule has 0 aliphatic rings. The van der Waals surface area contributed by atoms with E-state index < -0.39 is 18.0 Å². The van der Waals surface area contributed by atoms with Crippen LogP contribution < -0.4 is 10.1 Å². The van der Waals surface area contributed by atoms with E-state index in [1.807, 2.05) is 42.7 Å². The summed E-state index contributed by atoms with van der Waals surface area (Å²) in [6.07, 6.45) is -0.997. The Morgan fingerprint density at radius 1 is 1.14 bits per heavy atom. The lowest BCUT2D eigenvalue weighted by Crippen LogP contribution is -2.30. The third-order valence-electron chi connectivity index (χ3n) is 4.51.